The summed E-state index contributed by atoms with van der Waals surface area (Å²) in [6, 6.07) is 15.6. The van der Waals surface area contributed by atoms with Gasteiger partial charge in [0, 0.05) is 6.20 Å². The van der Waals surface area contributed by atoms with Crippen LogP contribution in [0, 0.1) is 4.91 Å². The first kappa shape index (κ1) is 18.5. The molecule has 2 aromatic carbocycles. The van der Waals surface area contributed by atoms with Crippen LogP contribution in [0.5, 0.6) is 17.5 Å². The second-order valence-corrected chi connectivity index (χ2v) is 6.00. The van der Waals surface area contributed by atoms with E-state index in [0.29, 0.717) is 27.5 Å². The summed E-state index contributed by atoms with van der Waals surface area (Å²) in [7, 11) is 0. The van der Waals surface area contributed by atoms with Crippen molar-refractivity contribution in [3.63, 3.8) is 0 Å². The van der Waals surface area contributed by atoms with Crippen LogP contribution in [-0.4, -0.2) is 22.4 Å². The van der Waals surface area contributed by atoms with Gasteiger partial charge >= 0.3 is 6.01 Å². The van der Waals surface area contributed by atoms with Crippen molar-refractivity contribution in [2.75, 3.05) is 5.73 Å². The molecule has 27 heavy (non-hydrogen) atoms. The maximum absolute atomic E-state index is 11.0. The first-order valence-electron chi connectivity index (χ1n) is 7.78. The number of para-hydroxylation sites is 2. The van der Waals surface area contributed by atoms with E-state index in [1.54, 1.807) is 60.8 Å². The van der Waals surface area contributed by atoms with Gasteiger partial charge in [-0.25, -0.2) is 4.98 Å². The number of nitrogen functional groups attached to an aromatic ring is 1. The summed E-state index contributed by atoms with van der Waals surface area (Å²) in [6.45, 7) is 0. The van der Waals surface area contributed by atoms with Crippen LogP contribution >= 0.6 is 15.9 Å². The summed E-state index contributed by atoms with van der Waals surface area (Å²) in [5.41, 5.74) is 6.79. The van der Waals surface area contributed by atoms with Gasteiger partial charge in [0.25, 0.3) is 6.23 Å². The maximum Gasteiger partial charge on any atom is 0.322 e. The minimum Gasteiger partial charge on any atom is -0.458 e. The summed E-state index contributed by atoms with van der Waals surface area (Å²) in [6.07, 6.45) is 1.78. The number of ether oxygens (including phenoxy) is 2. The van der Waals surface area contributed by atoms with Crippen molar-refractivity contribution >= 4 is 33.5 Å². The van der Waals surface area contributed by atoms with E-state index in [2.05, 4.69) is 36.1 Å². The van der Waals surface area contributed by atoms with E-state index in [9.17, 15) is 4.91 Å². The van der Waals surface area contributed by atoms with Crippen molar-refractivity contribution in [2.45, 2.75) is 6.23 Å². The van der Waals surface area contributed by atoms with E-state index in [1.165, 1.54) is 6.21 Å². The lowest BCUT2D eigenvalue weighted by atomic mass is 10.3. The van der Waals surface area contributed by atoms with Gasteiger partial charge in [-0.15, -0.1) is 4.91 Å². The Balaban J connectivity index is 1.64. The van der Waals surface area contributed by atoms with Crippen molar-refractivity contribution in [1.82, 2.24) is 9.97 Å². The molecular weight excluding hydrogens is 414 g/mol. The SMILES string of the molecule is Nc1ccccc1OC(C=Nc1ccc(Oc2nccc(Br)n2)cc1)N=O. The molecule has 0 aliphatic heterocycles. The van der Waals surface area contributed by atoms with Crippen LogP contribution in [-0.2, 0) is 0 Å². The topological polar surface area (TPSA) is 112 Å². The summed E-state index contributed by atoms with van der Waals surface area (Å²) >= 11 is 3.25. The third-order valence-electron chi connectivity index (χ3n) is 3.27. The summed E-state index contributed by atoms with van der Waals surface area (Å²) in [4.78, 5) is 23.3. The second-order valence-electron chi connectivity index (χ2n) is 5.19. The number of hydrogen-bond acceptors (Lipinski definition) is 8. The molecule has 0 fully saturated rings. The molecule has 0 amide bonds. The molecule has 9 heteroatoms. The van der Waals surface area contributed by atoms with Crippen molar-refractivity contribution in [3.8, 4) is 17.5 Å². The van der Waals surface area contributed by atoms with Gasteiger partial charge in [0.1, 0.15) is 16.1 Å². The molecule has 3 rings (SSSR count). The lowest BCUT2D eigenvalue weighted by Crippen LogP contribution is -2.15. The third-order valence-corrected chi connectivity index (χ3v) is 3.71. The number of hydrogen-bond donors (Lipinski definition) is 1. The van der Waals surface area contributed by atoms with Gasteiger partial charge in [-0.1, -0.05) is 12.1 Å². The monoisotopic (exact) mass is 427 g/mol. The molecule has 0 saturated heterocycles. The van der Waals surface area contributed by atoms with E-state index in [4.69, 9.17) is 15.2 Å². The molecule has 0 bridgehead atoms. The Labute approximate surface area is 163 Å². The maximum atomic E-state index is 11.0. The molecule has 1 aromatic heterocycles. The molecule has 0 saturated carbocycles. The van der Waals surface area contributed by atoms with Crippen LogP contribution in [0.2, 0.25) is 0 Å². The van der Waals surface area contributed by atoms with Gasteiger partial charge in [-0.3, -0.25) is 4.99 Å². The second kappa shape index (κ2) is 8.86. The first-order valence-corrected chi connectivity index (χ1v) is 8.57. The molecule has 2 N–H and O–H groups in total. The lowest BCUT2D eigenvalue weighted by Gasteiger charge is -2.10. The van der Waals surface area contributed by atoms with Crippen LogP contribution < -0.4 is 15.2 Å². The zero-order valence-electron chi connectivity index (χ0n) is 13.9. The van der Waals surface area contributed by atoms with E-state index >= 15 is 0 Å². The normalized spacial score (nSPS) is 11.9. The average molecular weight is 428 g/mol. The van der Waals surface area contributed by atoms with E-state index in [-0.39, 0.29) is 6.01 Å². The number of halogens is 1. The molecule has 1 unspecified atom stereocenters. The number of benzene rings is 2. The first-order chi connectivity index (χ1) is 13.1. The van der Waals surface area contributed by atoms with E-state index < -0.39 is 6.23 Å². The number of nitrogens with zero attached hydrogens (tertiary/aromatic N) is 4. The van der Waals surface area contributed by atoms with Gasteiger partial charge in [-0.05, 0) is 63.6 Å². The van der Waals surface area contributed by atoms with Crippen LogP contribution in [0.3, 0.4) is 0 Å². The molecule has 1 heterocycles. The van der Waals surface area contributed by atoms with Crippen LogP contribution in [0.1, 0.15) is 0 Å². The Kier molecular flexibility index (Phi) is 6.06. The minimum absolute atomic E-state index is 0.222. The van der Waals surface area contributed by atoms with Crippen molar-refractivity contribution in [1.29, 1.82) is 0 Å². The van der Waals surface area contributed by atoms with Gasteiger partial charge in [-0.2, -0.15) is 4.98 Å². The molecule has 8 nitrogen and oxygen atoms in total. The number of aromatic nitrogens is 2. The molecule has 0 aliphatic carbocycles. The van der Waals surface area contributed by atoms with Crippen LogP contribution in [0.4, 0.5) is 11.4 Å². The lowest BCUT2D eigenvalue weighted by molar-refractivity contribution is 0.282. The predicted octanol–water partition coefficient (Wildman–Crippen LogP) is 4.49. The van der Waals surface area contributed by atoms with Gasteiger partial charge < -0.3 is 15.2 Å². The van der Waals surface area contributed by atoms with Crippen LogP contribution in [0.25, 0.3) is 0 Å². The van der Waals surface area contributed by atoms with E-state index in [0.717, 1.165) is 0 Å². The third kappa shape index (κ3) is 5.32. The molecule has 0 aliphatic rings. The fraction of sp³-hybridized carbons (Fsp3) is 0.0556. The Morgan fingerprint density at radius 2 is 1.89 bits per heavy atom. The smallest absolute Gasteiger partial charge is 0.322 e. The molecule has 3 aromatic rings. The van der Waals surface area contributed by atoms with Crippen molar-refractivity contribution in [2.24, 2.45) is 10.2 Å². The molecule has 0 radical (unpaired) electrons. The molecule has 136 valence electrons. The van der Waals surface area contributed by atoms with E-state index in [1.807, 2.05) is 0 Å². The molecule has 0 spiro atoms. The minimum atomic E-state index is -1.10. The standard InChI is InChI=1S/C18H14BrN5O3/c19-16-9-10-21-18(23-16)26-13-7-5-12(6-8-13)22-11-17(24-25)27-15-4-2-1-3-14(15)20/h1-11,17H,20H2. The number of rotatable bonds is 7. The fourth-order valence-electron chi connectivity index (χ4n) is 2.02. The van der Waals surface area contributed by atoms with Crippen LogP contribution in [0.15, 0.2) is 75.6 Å². The highest BCUT2D eigenvalue weighted by Crippen LogP contribution is 2.23. The number of nitrogens with two attached hydrogens (primary N) is 1. The summed E-state index contributed by atoms with van der Waals surface area (Å²) < 4.78 is 11.6. The highest BCUT2D eigenvalue weighted by Gasteiger charge is 2.09. The predicted molar refractivity (Wildman–Crippen MR) is 105 cm³/mol. The van der Waals surface area contributed by atoms with Crippen molar-refractivity contribution < 1.29 is 9.47 Å². The van der Waals surface area contributed by atoms with Crippen molar-refractivity contribution in [3.05, 3.63) is 70.3 Å². The van der Waals surface area contributed by atoms with Gasteiger partial charge in [0.15, 0.2) is 0 Å². The average Bonchev–Trinajstić information content (AvgIpc) is 2.68. The Morgan fingerprint density at radius 1 is 1.11 bits per heavy atom. The highest BCUT2D eigenvalue weighted by atomic mass is 79.9. The zero-order valence-corrected chi connectivity index (χ0v) is 15.5. The highest BCUT2D eigenvalue weighted by molar-refractivity contribution is 9.10. The van der Waals surface area contributed by atoms with Gasteiger partial charge in [0.05, 0.1) is 17.6 Å². The number of nitroso groups, excluding NO2 is 1. The number of aliphatic imine (C=N–C) groups is 1. The molecular formula is C18H14BrN5O3. The Bertz CT molecular complexity index is 950. The number of anilines is 1. The van der Waals surface area contributed by atoms with Gasteiger partial charge in [0.2, 0.25) is 0 Å². The largest absolute Gasteiger partial charge is 0.458 e. The Hall–Kier alpha value is -3.33. The molecule has 1 atom stereocenters. The quantitative estimate of drug-likeness (QED) is 0.257. The Morgan fingerprint density at radius 3 is 2.59 bits per heavy atom. The zero-order chi connectivity index (χ0) is 19.1. The summed E-state index contributed by atoms with van der Waals surface area (Å²) in [5.74, 6) is 0.914. The fourth-order valence-corrected chi connectivity index (χ4v) is 2.29. The summed E-state index contributed by atoms with van der Waals surface area (Å²) in [5, 5.41) is 2.90.